The molecular weight excluding hydrogens is 218 g/mol. The molecule has 0 atom stereocenters. The minimum Gasteiger partial charge on any atom is -0.476 e. The summed E-state index contributed by atoms with van der Waals surface area (Å²) in [5.41, 5.74) is 7.03. The molecule has 0 unspecified atom stereocenters. The highest BCUT2D eigenvalue weighted by molar-refractivity contribution is 5.76. The SMILES string of the molecule is CC(C)(C)CCOc1nc(N)nc2nc[nH]c12. The van der Waals surface area contributed by atoms with Gasteiger partial charge in [0.15, 0.2) is 5.65 Å². The van der Waals surface area contributed by atoms with Crippen LogP contribution in [0.15, 0.2) is 6.33 Å². The quantitative estimate of drug-likeness (QED) is 0.845. The molecular formula is C11H17N5O. The monoisotopic (exact) mass is 235 g/mol. The summed E-state index contributed by atoms with van der Waals surface area (Å²) in [6.45, 7) is 7.08. The molecule has 0 amide bonds. The van der Waals surface area contributed by atoms with E-state index in [9.17, 15) is 0 Å². The average Bonchev–Trinajstić information content (AvgIpc) is 2.63. The van der Waals surface area contributed by atoms with E-state index in [2.05, 4.69) is 40.7 Å². The van der Waals surface area contributed by atoms with E-state index >= 15 is 0 Å². The van der Waals surface area contributed by atoms with E-state index in [-0.39, 0.29) is 11.4 Å². The summed E-state index contributed by atoms with van der Waals surface area (Å²) in [6, 6.07) is 0. The van der Waals surface area contributed by atoms with E-state index in [4.69, 9.17) is 10.5 Å². The van der Waals surface area contributed by atoms with Gasteiger partial charge in [-0.15, -0.1) is 0 Å². The van der Waals surface area contributed by atoms with Crippen LogP contribution in [0.1, 0.15) is 27.2 Å². The molecule has 0 radical (unpaired) electrons. The Bertz CT molecular complexity index is 514. The Morgan fingerprint density at radius 3 is 2.82 bits per heavy atom. The van der Waals surface area contributed by atoms with E-state index in [0.29, 0.717) is 23.7 Å². The van der Waals surface area contributed by atoms with Crippen molar-refractivity contribution < 1.29 is 4.74 Å². The third kappa shape index (κ3) is 2.83. The van der Waals surface area contributed by atoms with Crippen molar-refractivity contribution in [2.24, 2.45) is 5.41 Å². The number of nitrogen functional groups attached to an aromatic ring is 1. The Hall–Kier alpha value is -1.85. The molecule has 0 aliphatic rings. The molecule has 0 saturated heterocycles. The van der Waals surface area contributed by atoms with Crippen molar-refractivity contribution in [3.63, 3.8) is 0 Å². The maximum Gasteiger partial charge on any atom is 0.245 e. The number of ether oxygens (including phenoxy) is 1. The smallest absolute Gasteiger partial charge is 0.245 e. The van der Waals surface area contributed by atoms with Gasteiger partial charge in [0.1, 0.15) is 5.52 Å². The van der Waals surface area contributed by atoms with Crippen LogP contribution in [0, 0.1) is 5.41 Å². The highest BCUT2D eigenvalue weighted by Crippen LogP contribution is 2.22. The number of fused-ring (bicyclic) bond motifs is 1. The topological polar surface area (TPSA) is 89.7 Å². The maximum absolute atomic E-state index is 5.63. The summed E-state index contributed by atoms with van der Waals surface area (Å²) < 4.78 is 5.63. The fourth-order valence-electron chi connectivity index (χ4n) is 1.38. The largest absolute Gasteiger partial charge is 0.476 e. The Balaban J connectivity index is 2.15. The molecule has 0 aliphatic carbocycles. The van der Waals surface area contributed by atoms with Gasteiger partial charge in [-0.2, -0.15) is 9.97 Å². The number of aromatic nitrogens is 4. The zero-order valence-corrected chi connectivity index (χ0v) is 10.3. The minimum atomic E-state index is 0.176. The number of rotatable bonds is 3. The van der Waals surface area contributed by atoms with Gasteiger partial charge in [-0.3, -0.25) is 0 Å². The van der Waals surface area contributed by atoms with Crippen LogP contribution >= 0.6 is 0 Å². The van der Waals surface area contributed by atoms with Crippen molar-refractivity contribution in [1.82, 2.24) is 19.9 Å². The summed E-state index contributed by atoms with van der Waals surface area (Å²) in [6.07, 6.45) is 2.49. The molecule has 2 rings (SSSR count). The first kappa shape index (κ1) is 11.6. The van der Waals surface area contributed by atoms with Crippen molar-refractivity contribution in [3.8, 4) is 5.88 Å². The molecule has 92 valence electrons. The predicted octanol–water partition coefficient (Wildman–Crippen LogP) is 1.75. The van der Waals surface area contributed by atoms with E-state index < -0.39 is 0 Å². The second-order valence-corrected chi connectivity index (χ2v) is 5.15. The van der Waals surface area contributed by atoms with E-state index in [0.717, 1.165) is 6.42 Å². The van der Waals surface area contributed by atoms with Crippen LogP contribution in [0.4, 0.5) is 5.95 Å². The third-order valence-electron chi connectivity index (χ3n) is 2.36. The predicted molar refractivity (Wildman–Crippen MR) is 65.7 cm³/mol. The second-order valence-electron chi connectivity index (χ2n) is 5.15. The first-order valence-corrected chi connectivity index (χ1v) is 5.55. The zero-order valence-electron chi connectivity index (χ0n) is 10.3. The number of nitrogens with two attached hydrogens (primary N) is 1. The number of hydrogen-bond acceptors (Lipinski definition) is 5. The molecule has 0 aliphatic heterocycles. The van der Waals surface area contributed by atoms with Gasteiger partial charge in [-0.1, -0.05) is 20.8 Å². The standard InChI is InChI=1S/C11H17N5O/c1-11(2,3)4-5-17-9-7-8(14-6-13-7)15-10(12)16-9/h6H,4-5H2,1-3H3,(H3,12,13,14,15,16). The maximum atomic E-state index is 5.63. The van der Waals surface area contributed by atoms with Gasteiger partial charge in [-0.25, -0.2) is 4.98 Å². The van der Waals surface area contributed by atoms with Crippen molar-refractivity contribution in [1.29, 1.82) is 0 Å². The normalized spacial score (nSPS) is 11.9. The summed E-state index contributed by atoms with van der Waals surface area (Å²) in [4.78, 5) is 15.0. The highest BCUT2D eigenvalue weighted by Gasteiger charge is 2.13. The molecule has 2 aromatic rings. The number of nitrogens with one attached hydrogen (secondary N) is 1. The Morgan fingerprint density at radius 2 is 2.12 bits per heavy atom. The van der Waals surface area contributed by atoms with Crippen molar-refractivity contribution in [2.75, 3.05) is 12.3 Å². The molecule has 0 fully saturated rings. The summed E-state index contributed by atoms with van der Waals surface area (Å²) in [7, 11) is 0. The van der Waals surface area contributed by atoms with E-state index in [1.54, 1.807) is 6.33 Å². The fourth-order valence-corrected chi connectivity index (χ4v) is 1.38. The molecule has 0 aromatic carbocycles. The lowest BCUT2D eigenvalue weighted by Crippen LogP contribution is -2.12. The summed E-state index contributed by atoms with van der Waals surface area (Å²) in [5, 5.41) is 0. The van der Waals surface area contributed by atoms with Gasteiger partial charge in [0, 0.05) is 0 Å². The molecule has 0 saturated carbocycles. The fraction of sp³-hybridized carbons (Fsp3) is 0.545. The van der Waals surface area contributed by atoms with Crippen molar-refractivity contribution in [3.05, 3.63) is 6.33 Å². The van der Waals surface area contributed by atoms with Gasteiger partial charge in [0.25, 0.3) is 0 Å². The number of aromatic amines is 1. The molecule has 2 heterocycles. The Kier molecular flexibility index (Phi) is 2.87. The summed E-state index contributed by atoms with van der Waals surface area (Å²) >= 11 is 0. The van der Waals surface area contributed by atoms with Crippen LogP contribution in [0.3, 0.4) is 0 Å². The summed E-state index contributed by atoms with van der Waals surface area (Å²) in [5.74, 6) is 0.643. The molecule has 6 heteroatoms. The Labute approximate surface area is 99.6 Å². The van der Waals surface area contributed by atoms with Crippen LogP contribution < -0.4 is 10.5 Å². The lowest BCUT2D eigenvalue weighted by molar-refractivity contribution is 0.238. The van der Waals surface area contributed by atoms with E-state index in [1.165, 1.54) is 0 Å². The van der Waals surface area contributed by atoms with Crippen LogP contribution in [0.2, 0.25) is 0 Å². The minimum absolute atomic E-state index is 0.176. The van der Waals surface area contributed by atoms with Gasteiger partial charge in [-0.05, 0) is 11.8 Å². The van der Waals surface area contributed by atoms with Gasteiger partial charge in [0.2, 0.25) is 11.8 Å². The number of H-pyrrole nitrogens is 1. The van der Waals surface area contributed by atoms with Crippen molar-refractivity contribution >= 4 is 17.1 Å². The van der Waals surface area contributed by atoms with Gasteiger partial charge >= 0.3 is 0 Å². The molecule has 3 N–H and O–H groups in total. The van der Waals surface area contributed by atoms with Crippen molar-refractivity contribution in [2.45, 2.75) is 27.2 Å². The van der Waals surface area contributed by atoms with Crippen LogP contribution in [-0.2, 0) is 0 Å². The number of hydrogen-bond donors (Lipinski definition) is 2. The first-order chi connectivity index (χ1) is 7.96. The molecule has 0 bridgehead atoms. The molecule has 0 spiro atoms. The van der Waals surface area contributed by atoms with E-state index in [1.807, 2.05) is 0 Å². The Morgan fingerprint density at radius 1 is 1.35 bits per heavy atom. The second kappa shape index (κ2) is 4.20. The lowest BCUT2D eigenvalue weighted by atomic mass is 9.93. The molecule has 17 heavy (non-hydrogen) atoms. The number of anilines is 1. The average molecular weight is 235 g/mol. The van der Waals surface area contributed by atoms with Gasteiger partial charge in [0.05, 0.1) is 12.9 Å². The van der Waals surface area contributed by atoms with Gasteiger partial charge < -0.3 is 15.5 Å². The highest BCUT2D eigenvalue weighted by atomic mass is 16.5. The lowest BCUT2D eigenvalue weighted by Gasteiger charge is -2.17. The number of nitrogens with zero attached hydrogens (tertiary/aromatic N) is 3. The number of imidazole rings is 1. The zero-order chi connectivity index (χ0) is 12.5. The van der Waals surface area contributed by atoms with Crippen LogP contribution in [0.25, 0.3) is 11.2 Å². The van der Waals surface area contributed by atoms with Crippen LogP contribution in [0.5, 0.6) is 5.88 Å². The molecule has 6 nitrogen and oxygen atoms in total. The molecule has 2 aromatic heterocycles. The first-order valence-electron chi connectivity index (χ1n) is 5.55. The third-order valence-corrected chi connectivity index (χ3v) is 2.36. The van der Waals surface area contributed by atoms with Crippen LogP contribution in [-0.4, -0.2) is 26.5 Å².